The molecule has 1 saturated heterocycles. The van der Waals surface area contributed by atoms with E-state index < -0.39 is 4.92 Å². The largest absolute Gasteiger partial charge is 0.339 e. The summed E-state index contributed by atoms with van der Waals surface area (Å²) in [6, 6.07) is 27.8. The van der Waals surface area contributed by atoms with Gasteiger partial charge in [-0.15, -0.1) is 11.8 Å². The molecule has 1 fully saturated rings. The molecule has 0 atom stereocenters. The van der Waals surface area contributed by atoms with Gasteiger partial charge in [0, 0.05) is 44.1 Å². The molecule has 0 unspecified atom stereocenters. The van der Waals surface area contributed by atoms with Gasteiger partial charge in [-0.1, -0.05) is 72.8 Å². The van der Waals surface area contributed by atoms with E-state index in [4.69, 9.17) is 0 Å². The molecule has 6 nitrogen and oxygen atoms in total. The van der Waals surface area contributed by atoms with Crippen LogP contribution in [0, 0.1) is 10.1 Å². The van der Waals surface area contributed by atoms with Gasteiger partial charge in [-0.25, -0.2) is 0 Å². The number of benzene rings is 3. The zero-order valence-electron chi connectivity index (χ0n) is 18.4. The topological polar surface area (TPSA) is 66.7 Å². The predicted molar refractivity (Wildman–Crippen MR) is 132 cm³/mol. The molecule has 7 heteroatoms. The third-order valence-corrected chi connectivity index (χ3v) is 6.89. The van der Waals surface area contributed by atoms with Gasteiger partial charge in [0.25, 0.3) is 5.69 Å². The normalized spacial score (nSPS) is 14.4. The van der Waals surface area contributed by atoms with Crippen molar-refractivity contribution in [3.63, 3.8) is 0 Å². The Hall–Kier alpha value is -3.16. The van der Waals surface area contributed by atoms with Crippen LogP contribution < -0.4 is 0 Å². The molecule has 3 aromatic carbocycles. The van der Waals surface area contributed by atoms with E-state index in [1.807, 2.05) is 17.0 Å². The van der Waals surface area contributed by atoms with Crippen molar-refractivity contribution in [2.45, 2.75) is 11.8 Å². The van der Waals surface area contributed by atoms with Crippen LogP contribution in [-0.2, 0) is 10.5 Å². The molecule has 1 heterocycles. The summed E-state index contributed by atoms with van der Waals surface area (Å²) < 4.78 is 0. The SMILES string of the molecule is O=C(CSCc1ccc([N+](=O)[O-])cc1)N1CCN(C(c2ccccc2)c2ccccc2)CC1. The first-order valence-corrected chi connectivity index (χ1v) is 12.2. The fourth-order valence-corrected chi connectivity index (χ4v) is 5.06. The number of rotatable bonds is 8. The molecular weight excluding hydrogens is 434 g/mol. The van der Waals surface area contributed by atoms with Crippen molar-refractivity contribution in [1.82, 2.24) is 9.80 Å². The highest BCUT2D eigenvalue weighted by atomic mass is 32.2. The number of carbonyl (C=O) groups excluding carboxylic acids is 1. The molecule has 0 N–H and O–H groups in total. The molecule has 0 aliphatic carbocycles. The minimum atomic E-state index is -0.403. The number of nitro benzene ring substituents is 1. The highest BCUT2D eigenvalue weighted by molar-refractivity contribution is 7.99. The molecule has 0 spiro atoms. The van der Waals surface area contributed by atoms with E-state index in [9.17, 15) is 14.9 Å². The summed E-state index contributed by atoms with van der Waals surface area (Å²) in [7, 11) is 0. The van der Waals surface area contributed by atoms with E-state index in [2.05, 4.69) is 53.4 Å². The second-order valence-electron chi connectivity index (χ2n) is 8.06. The fourth-order valence-electron chi connectivity index (χ4n) is 4.18. The second-order valence-corrected chi connectivity index (χ2v) is 9.04. The van der Waals surface area contributed by atoms with E-state index in [1.54, 1.807) is 23.9 Å². The molecule has 4 rings (SSSR count). The molecule has 170 valence electrons. The van der Waals surface area contributed by atoms with Crippen LogP contribution in [0.1, 0.15) is 22.7 Å². The fraction of sp³-hybridized carbons (Fsp3) is 0.269. The number of thioether (sulfide) groups is 1. The summed E-state index contributed by atoms with van der Waals surface area (Å²) in [5.74, 6) is 1.23. The predicted octanol–water partition coefficient (Wildman–Crippen LogP) is 4.76. The number of piperazine rings is 1. The van der Waals surface area contributed by atoms with Crippen molar-refractivity contribution in [2.24, 2.45) is 0 Å². The average molecular weight is 462 g/mol. The number of non-ortho nitro benzene ring substituents is 1. The Morgan fingerprint density at radius 3 is 1.91 bits per heavy atom. The van der Waals surface area contributed by atoms with Gasteiger partial charge in [0.05, 0.1) is 16.7 Å². The van der Waals surface area contributed by atoms with Crippen LogP contribution in [0.15, 0.2) is 84.9 Å². The van der Waals surface area contributed by atoms with E-state index in [-0.39, 0.29) is 17.6 Å². The summed E-state index contributed by atoms with van der Waals surface area (Å²) in [6.45, 7) is 3.08. The van der Waals surface area contributed by atoms with Crippen molar-refractivity contribution in [3.8, 4) is 0 Å². The van der Waals surface area contributed by atoms with Gasteiger partial charge in [-0.05, 0) is 16.7 Å². The van der Waals surface area contributed by atoms with Gasteiger partial charge in [0.15, 0.2) is 0 Å². The average Bonchev–Trinajstić information content (AvgIpc) is 2.86. The number of carbonyl (C=O) groups is 1. The number of amides is 1. The molecular formula is C26H27N3O3S. The van der Waals surface area contributed by atoms with Crippen LogP contribution in [0.25, 0.3) is 0 Å². The summed E-state index contributed by atoms with van der Waals surface area (Å²) in [5.41, 5.74) is 3.60. The lowest BCUT2D eigenvalue weighted by molar-refractivity contribution is -0.384. The molecule has 33 heavy (non-hydrogen) atoms. The molecule has 0 aromatic heterocycles. The zero-order chi connectivity index (χ0) is 23.0. The van der Waals surface area contributed by atoms with E-state index in [0.29, 0.717) is 24.6 Å². The van der Waals surface area contributed by atoms with Crippen LogP contribution >= 0.6 is 11.8 Å². The van der Waals surface area contributed by atoms with Crippen LogP contribution in [0.4, 0.5) is 5.69 Å². The third-order valence-electron chi connectivity index (χ3n) is 5.90. The summed E-state index contributed by atoms with van der Waals surface area (Å²) in [6.07, 6.45) is 0. The highest BCUT2D eigenvalue weighted by Crippen LogP contribution is 2.29. The number of hydrogen-bond donors (Lipinski definition) is 0. The third kappa shape index (κ3) is 6.00. The van der Waals surface area contributed by atoms with E-state index >= 15 is 0 Å². The first-order chi connectivity index (χ1) is 16.1. The standard InChI is InChI=1S/C26H27N3O3S/c30-25(20-33-19-21-11-13-24(14-12-21)29(31)32)27-15-17-28(18-16-27)26(22-7-3-1-4-8-22)23-9-5-2-6-10-23/h1-14,26H,15-20H2. The minimum absolute atomic E-state index is 0.0852. The van der Waals surface area contributed by atoms with Crippen molar-refractivity contribution in [1.29, 1.82) is 0 Å². The van der Waals surface area contributed by atoms with Crippen molar-refractivity contribution < 1.29 is 9.72 Å². The lowest BCUT2D eigenvalue weighted by Gasteiger charge is -2.39. The van der Waals surface area contributed by atoms with Gasteiger partial charge >= 0.3 is 0 Å². The maximum atomic E-state index is 12.7. The molecule has 1 amide bonds. The second kappa shape index (κ2) is 11.1. The monoisotopic (exact) mass is 461 g/mol. The molecule has 3 aromatic rings. The first kappa shape index (κ1) is 23.0. The summed E-state index contributed by atoms with van der Waals surface area (Å²) in [5, 5.41) is 10.8. The molecule has 1 aliphatic heterocycles. The first-order valence-electron chi connectivity index (χ1n) is 11.0. The Bertz CT molecular complexity index is 1010. The van der Waals surface area contributed by atoms with Crippen LogP contribution in [0.3, 0.4) is 0 Å². The Balaban J connectivity index is 1.30. The quantitative estimate of drug-likeness (QED) is 0.357. The van der Waals surface area contributed by atoms with Crippen LogP contribution in [0.5, 0.6) is 0 Å². The van der Waals surface area contributed by atoms with Gasteiger partial charge in [-0.3, -0.25) is 19.8 Å². The maximum Gasteiger partial charge on any atom is 0.269 e. The van der Waals surface area contributed by atoms with Crippen LogP contribution in [0.2, 0.25) is 0 Å². The Kier molecular flexibility index (Phi) is 7.75. The van der Waals surface area contributed by atoms with Crippen molar-refractivity contribution in [3.05, 3.63) is 112 Å². The smallest absolute Gasteiger partial charge is 0.269 e. The summed E-state index contributed by atoms with van der Waals surface area (Å²) >= 11 is 1.55. The van der Waals surface area contributed by atoms with E-state index in [0.717, 1.165) is 18.7 Å². The van der Waals surface area contributed by atoms with Gasteiger partial charge in [0.2, 0.25) is 5.91 Å². The van der Waals surface area contributed by atoms with Crippen molar-refractivity contribution >= 4 is 23.4 Å². The van der Waals surface area contributed by atoms with Crippen LogP contribution in [-0.4, -0.2) is 52.6 Å². The summed E-state index contributed by atoms with van der Waals surface area (Å²) in [4.78, 5) is 27.5. The lowest BCUT2D eigenvalue weighted by atomic mass is 9.96. The number of nitro groups is 1. The van der Waals surface area contributed by atoms with Gasteiger partial charge in [0.1, 0.15) is 0 Å². The molecule has 0 bridgehead atoms. The maximum absolute atomic E-state index is 12.7. The minimum Gasteiger partial charge on any atom is -0.339 e. The zero-order valence-corrected chi connectivity index (χ0v) is 19.2. The number of hydrogen-bond acceptors (Lipinski definition) is 5. The molecule has 1 aliphatic rings. The lowest BCUT2D eigenvalue weighted by Crippen LogP contribution is -2.50. The van der Waals surface area contributed by atoms with E-state index in [1.165, 1.54) is 23.3 Å². The highest BCUT2D eigenvalue weighted by Gasteiger charge is 2.28. The Morgan fingerprint density at radius 2 is 1.39 bits per heavy atom. The molecule has 0 radical (unpaired) electrons. The van der Waals surface area contributed by atoms with Gasteiger partial charge in [-0.2, -0.15) is 0 Å². The van der Waals surface area contributed by atoms with Crippen molar-refractivity contribution in [2.75, 3.05) is 31.9 Å². The van der Waals surface area contributed by atoms with Gasteiger partial charge < -0.3 is 4.90 Å². The number of nitrogens with zero attached hydrogens (tertiary/aromatic N) is 3. The Labute approximate surface area is 198 Å². The Morgan fingerprint density at radius 1 is 0.848 bits per heavy atom. The molecule has 0 saturated carbocycles.